The van der Waals surface area contributed by atoms with Crippen LogP contribution in [-0.4, -0.2) is 62.3 Å². The number of aromatic carboxylic acids is 1. The van der Waals surface area contributed by atoms with Gasteiger partial charge >= 0.3 is 11.9 Å². The standard InChI is InChI=1S/C6H5NO2.C5H11NO2S.Se/c8-6(9)5-2-1-3-7-4-5;1-9-3-2-4(6)5(7)8;/h1-4H,(H,8,9);4H,2-3,6H2,1H3,(H,7,8);. The van der Waals surface area contributed by atoms with Gasteiger partial charge in [0.1, 0.15) is 6.04 Å². The van der Waals surface area contributed by atoms with Gasteiger partial charge in [-0.3, -0.25) is 9.78 Å². The zero-order chi connectivity index (χ0) is 14.0. The third-order valence-electron chi connectivity index (χ3n) is 1.86. The summed E-state index contributed by atoms with van der Waals surface area (Å²) in [7, 11) is 0. The minimum absolute atomic E-state index is 0. The molecule has 6 nitrogen and oxygen atoms in total. The van der Waals surface area contributed by atoms with Gasteiger partial charge in [0.15, 0.2) is 0 Å². The fourth-order valence-electron chi connectivity index (χ4n) is 0.858. The van der Waals surface area contributed by atoms with Crippen molar-refractivity contribution >= 4 is 40.8 Å². The summed E-state index contributed by atoms with van der Waals surface area (Å²) in [5, 5.41) is 16.6. The summed E-state index contributed by atoms with van der Waals surface area (Å²) in [6, 6.07) is 2.40. The molecule has 1 unspecified atom stereocenters. The molecule has 1 heterocycles. The smallest absolute Gasteiger partial charge is 0.337 e. The first-order valence-electron chi connectivity index (χ1n) is 5.09. The summed E-state index contributed by atoms with van der Waals surface area (Å²) in [4.78, 5) is 23.9. The first kappa shape index (κ1) is 20.2. The summed E-state index contributed by atoms with van der Waals surface area (Å²) in [5.74, 6) is -1.04. The molecule has 0 spiro atoms. The number of carbonyl (C=O) groups is 2. The van der Waals surface area contributed by atoms with Gasteiger partial charge in [-0.2, -0.15) is 11.8 Å². The van der Waals surface area contributed by atoms with E-state index in [1.165, 1.54) is 18.5 Å². The third kappa shape index (κ3) is 10.5. The van der Waals surface area contributed by atoms with Crippen molar-refractivity contribution < 1.29 is 19.8 Å². The summed E-state index contributed by atoms with van der Waals surface area (Å²) < 4.78 is 0. The molecular weight excluding hydrogens is 335 g/mol. The van der Waals surface area contributed by atoms with E-state index in [1.54, 1.807) is 17.8 Å². The molecule has 0 aromatic carbocycles. The fourth-order valence-corrected chi connectivity index (χ4v) is 1.35. The number of aliphatic carboxylic acids is 1. The molecule has 106 valence electrons. The maximum Gasteiger partial charge on any atom is 0.337 e. The van der Waals surface area contributed by atoms with E-state index in [1.807, 2.05) is 6.26 Å². The van der Waals surface area contributed by atoms with Crippen molar-refractivity contribution in [3.05, 3.63) is 30.1 Å². The monoisotopic (exact) mass is 352 g/mol. The van der Waals surface area contributed by atoms with E-state index in [0.717, 1.165) is 5.75 Å². The minimum atomic E-state index is -0.942. The average Bonchev–Trinajstić information content (AvgIpc) is 2.37. The number of nitrogens with two attached hydrogens (primary N) is 1. The summed E-state index contributed by atoms with van der Waals surface area (Å²) in [6.07, 6.45) is 5.32. The molecule has 1 aromatic rings. The molecule has 8 heteroatoms. The molecule has 0 saturated carbocycles. The van der Waals surface area contributed by atoms with Crippen LogP contribution in [0.1, 0.15) is 16.8 Å². The normalized spacial score (nSPS) is 10.4. The second kappa shape index (κ2) is 12.0. The van der Waals surface area contributed by atoms with Crippen molar-refractivity contribution in [2.45, 2.75) is 12.5 Å². The van der Waals surface area contributed by atoms with E-state index in [4.69, 9.17) is 15.9 Å². The number of carboxylic acids is 2. The van der Waals surface area contributed by atoms with Crippen LogP contribution in [0.4, 0.5) is 0 Å². The van der Waals surface area contributed by atoms with Crippen LogP contribution in [0.5, 0.6) is 0 Å². The number of rotatable bonds is 5. The van der Waals surface area contributed by atoms with Gasteiger partial charge in [-0.05, 0) is 30.6 Å². The van der Waals surface area contributed by atoms with Gasteiger partial charge in [-0.15, -0.1) is 0 Å². The van der Waals surface area contributed by atoms with E-state index < -0.39 is 18.0 Å². The molecule has 0 aliphatic rings. The minimum Gasteiger partial charge on any atom is -0.480 e. The number of aromatic nitrogens is 1. The van der Waals surface area contributed by atoms with Crippen molar-refractivity contribution in [3.8, 4) is 0 Å². The molecule has 1 rings (SSSR count). The molecule has 19 heavy (non-hydrogen) atoms. The Kier molecular flexibility index (Phi) is 12.8. The van der Waals surface area contributed by atoms with Crippen molar-refractivity contribution in [1.29, 1.82) is 0 Å². The van der Waals surface area contributed by atoms with Gasteiger partial charge in [0.05, 0.1) is 5.56 Å². The van der Waals surface area contributed by atoms with Gasteiger partial charge in [0.2, 0.25) is 0 Å². The fraction of sp³-hybridized carbons (Fsp3) is 0.364. The Morgan fingerprint density at radius 3 is 2.42 bits per heavy atom. The van der Waals surface area contributed by atoms with Crippen LogP contribution >= 0.6 is 11.8 Å². The van der Waals surface area contributed by atoms with Crippen molar-refractivity contribution in [2.75, 3.05) is 12.0 Å². The summed E-state index contributed by atoms with van der Waals surface area (Å²) >= 11 is 1.60. The maximum atomic E-state index is 10.2. The summed E-state index contributed by atoms with van der Waals surface area (Å²) in [5.41, 5.74) is 5.41. The number of nitrogens with zero attached hydrogens (tertiary/aromatic N) is 1. The van der Waals surface area contributed by atoms with Gasteiger partial charge < -0.3 is 15.9 Å². The molecule has 4 N–H and O–H groups in total. The van der Waals surface area contributed by atoms with E-state index >= 15 is 0 Å². The first-order valence-corrected chi connectivity index (χ1v) is 6.49. The van der Waals surface area contributed by atoms with E-state index in [9.17, 15) is 9.59 Å². The van der Waals surface area contributed by atoms with Gasteiger partial charge in [-0.1, -0.05) is 0 Å². The first-order chi connectivity index (χ1) is 8.49. The second-order valence-electron chi connectivity index (χ2n) is 3.27. The van der Waals surface area contributed by atoms with Crippen molar-refractivity contribution in [2.24, 2.45) is 5.73 Å². The number of hydrogen-bond acceptors (Lipinski definition) is 5. The Balaban J connectivity index is 0. The SMILES string of the molecule is CSCCC(N)C(=O)O.O=C(O)c1cccnc1.[Se]. The Morgan fingerprint density at radius 1 is 1.47 bits per heavy atom. The molecule has 0 aliphatic carbocycles. The zero-order valence-corrected chi connectivity index (χ0v) is 12.9. The van der Waals surface area contributed by atoms with E-state index in [0.29, 0.717) is 6.42 Å². The average molecular weight is 351 g/mol. The molecule has 2 radical (unpaired) electrons. The van der Waals surface area contributed by atoms with E-state index in [-0.39, 0.29) is 22.6 Å². The molecular formula is C11H16N2O4SSe. The number of pyridine rings is 1. The topological polar surface area (TPSA) is 114 Å². The van der Waals surface area contributed by atoms with Crippen LogP contribution in [-0.2, 0) is 4.79 Å². The van der Waals surface area contributed by atoms with Gasteiger partial charge in [-0.25, -0.2) is 4.79 Å². The molecule has 1 atom stereocenters. The Morgan fingerprint density at radius 2 is 2.11 bits per heavy atom. The second-order valence-corrected chi connectivity index (χ2v) is 4.26. The van der Waals surface area contributed by atoms with Gasteiger partial charge in [0, 0.05) is 29.5 Å². The van der Waals surface area contributed by atoms with Crippen LogP contribution in [0.3, 0.4) is 0 Å². The number of thioether (sulfide) groups is 1. The number of hydrogen-bond donors (Lipinski definition) is 3. The molecule has 0 fully saturated rings. The van der Waals surface area contributed by atoms with Crippen LogP contribution < -0.4 is 5.73 Å². The zero-order valence-electron chi connectivity index (χ0n) is 10.4. The van der Waals surface area contributed by atoms with Crippen molar-refractivity contribution in [1.82, 2.24) is 4.98 Å². The molecule has 0 bridgehead atoms. The van der Waals surface area contributed by atoms with Crippen LogP contribution in [0, 0.1) is 0 Å². The predicted molar refractivity (Wildman–Crippen MR) is 75.6 cm³/mol. The third-order valence-corrected chi connectivity index (χ3v) is 2.50. The number of carboxylic acid groups (broad SMARTS) is 2. The predicted octanol–water partition coefficient (Wildman–Crippen LogP) is 0.550. The molecule has 0 saturated heterocycles. The quantitative estimate of drug-likeness (QED) is 0.664. The molecule has 1 aromatic heterocycles. The molecule has 0 amide bonds. The van der Waals surface area contributed by atoms with Crippen LogP contribution in [0.15, 0.2) is 24.5 Å². The van der Waals surface area contributed by atoms with Gasteiger partial charge in [0.25, 0.3) is 0 Å². The molecule has 0 aliphatic heterocycles. The Labute approximate surface area is 126 Å². The van der Waals surface area contributed by atoms with Crippen molar-refractivity contribution in [3.63, 3.8) is 0 Å². The van der Waals surface area contributed by atoms with Crippen LogP contribution in [0.2, 0.25) is 0 Å². The summed E-state index contributed by atoms with van der Waals surface area (Å²) in [6.45, 7) is 0. The van der Waals surface area contributed by atoms with E-state index in [2.05, 4.69) is 4.98 Å². The largest absolute Gasteiger partial charge is 0.480 e. The maximum absolute atomic E-state index is 10.2. The Hall–Kier alpha value is -1.08. The van der Waals surface area contributed by atoms with Crippen LogP contribution in [0.25, 0.3) is 0 Å². The Bertz CT molecular complexity index is 378.